The van der Waals surface area contributed by atoms with Crippen molar-refractivity contribution in [2.24, 2.45) is 0 Å². The molecule has 0 radical (unpaired) electrons. The maximum atomic E-state index is 13.2. The van der Waals surface area contributed by atoms with Gasteiger partial charge < -0.3 is 10.1 Å². The highest BCUT2D eigenvalue weighted by atomic mass is 19.1. The minimum atomic E-state index is -0.440. The molecule has 1 aromatic heterocycles. The summed E-state index contributed by atoms with van der Waals surface area (Å²) >= 11 is 0. The molecule has 2 aromatic carbocycles. The molecule has 0 saturated carbocycles. The van der Waals surface area contributed by atoms with Crippen molar-refractivity contribution in [3.8, 4) is 16.9 Å². The SMILES string of the molecule is Oc1cc(F)cc(-c2c[nH]c3ccccc23)c1. The van der Waals surface area contributed by atoms with Gasteiger partial charge in [-0.1, -0.05) is 18.2 Å². The van der Waals surface area contributed by atoms with Gasteiger partial charge >= 0.3 is 0 Å². The molecule has 84 valence electrons. The Morgan fingerprint density at radius 2 is 1.88 bits per heavy atom. The van der Waals surface area contributed by atoms with Gasteiger partial charge in [0.25, 0.3) is 0 Å². The van der Waals surface area contributed by atoms with Crippen LogP contribution in [0.3, 0.4) is 0 Å². The first-order valence-electron chi connectivity index (χ1n) is 5.30. The number of hydrogen-bond acceptors (Lipinski definition) is 1. The molecule has 2 N–H and O–H groups in total. The van der Waals surface area contributed by atoms with Crippen LogP contribution in [0, 0.1) is 5.82 Å². The second-order valence-corrected chi connectivity index (χ2v) is 3.95. The highest BCUT2D eigenvalue weighted by Crippen LogP contribution is 2.30. The van der Waals surface area contributed by atoms with E-state index in [0.717, 1.165) is 22.5 Å². The van der Waals surface area contributed by atoms with Crippen LogP contribution in [0.2, 0.25) is 0 Å². The molecule has 0 spiro atoms. The first-order valence-corrected chi connectivity index (χ1v) is 5.30. The number of para-hydroxylation sites is 1. The summed E-state index contributed by atoms with van der Waals surface area (Å²) in [5.41, 5.74) is 2.54. The lowest BCUT2D eigenvalue weighted by Gasteiger charge is -2.01. The van der Waals surface area contributed by atoms with E-state index in [4.69, 9.17) is 0 Å². The van der Waals surface area contributed by atoms with Crippen molar-refractivity contribution in [1.82, 2.24) is 4.98 Å². The molecule has 0 bridgehead atoms. The first-order chi connectivity index (χ1) is 8.24. The van der Waals surface area contributed by atoms with Crippen molar-refractivity contribution in [2.75, 3.05) is 0 Å². The lowest BCUT2D eigenvalue weighted by molar-refractivity contribution is 0.469. The van der Waals surface area contributed by atoms with Crippen LogP contribution in [0.5, 0.6) is 5.75 Å². The van der Waals surface area contributed by atoms with Crippen molar-refractivity contribution in [3.63, 3.8) is 0 Å². The van der Waals surface area contributed by atoms with E-state index in [1.54, 1.807) is 6.07 Å². The maximum Gasteiger partial charge on any atom is 0.127 e. The number of H-pyrrole nitrogens is 1. The van der Waals surface area contributed by atoms with Crippen LogP contribution >= 0.6 is 0 Å². The van der Waals surface area contributed by atoms with Gasteiger partial charge in [-0.3, -0.25) is 0 Å². The molecule has 2 nitrogen and oxygen atoms in total. The van der Waals surface area contributed by atoms with Gasteiger partial charge in [-0.05, 0) is 23.8 Å². The number of aromatic hydroxyl groups is 1. The highest BCUT2D eigenvalue weighted by molar-refractivity contribution is 5.95. The second kappa shape index (κ2) is 3.63. The predicted octanol–water partition coefficient (Wildman–Crippen LogP) is 3.68. The largest absolute Gasteiger partial charge is 0.508 e. The molecule has 0 amide bonds. The Morgan fingerprint density at radius 3 is 2.71 bits per heavy atom. The quantitative estimate of drug-likeness (QED) is 0.653. The number of benzene rings is 2. The molecule has 3 aromatic rings. The molecule has 3 rings (SSSR count). The zero-order valence-corrected chi connectivity index (χ0v) is 8.94. The number of hydrogen-bond donors (Lipinski definition) is 2. The van der Waals surface area contributed by atoms with Crippen LogP contribution in [0.25, 0.3) is 22.0 Å². The second-order valence-electron chi connectivity index (χ2n) is 3.95. The fraction of sp³-hybridized carbons (Fsp3) is 0. The molecule has 0 aliphatic carbocycles. The molecule has 0 aliphatic heterocycles. The summed E-state index contributed by atoms with van der Waals surface area (Å²) in [6.45, 7) is 0. The van der Waals surface area contributed by atoms with Gasteiger partial charge in [-0.25, -0.2) is 4.39 Å². The number of aromatic amines is 1. The van der Waals surface area contributed by atoms with Gasteiger partial charge in [0, 0.05) is 28.7 Å². The minimum Gasteiger partial charge on any atom is -0.508 e. The van der Waals surface area contributed by atoms with Crippen LogP contribution < -0.4 is 0 Å². The van der Waals surface area contributed by atoms with Gasteiger partial charge in [0.05, 0.1) is 0 Å². The van der Waals surface area contributed by atoms with Crippen molar-refractivity contribution in [2.45, 2.75) is 0 Å². The van der Waals surface area contributed by atoms with Crippen molar-refractivity contribution in [3.05, 3.63) is 54.5 Å². The molecule has 0 atom stereocenters. The number of nitrogens with one attached hydrogen (secondary N) is 1. The zero-order valence-electron chi connectivity index (χ0n) is 8.94. The average Bonchev–Trinajstić information content (AvgIpc) is 2.71. The lowest BCUT2D eigenvalue weighted by Crippen LogP contribution is -1.79. The zero-order chi connectivity index (χ0) is 11.8. The molecule has 0 saturated heterocycles. The number of aromatic nitrogens is 1. The monoisotopic (exact) mass is 227 g/mol. The van der Waals surface area contributed by atoms with Crippen molar-refractivity contribution < 1.29 is 9.50 Å². The third-order valence-corrected chi connectivity index (χ3v) is 2.78. The standard InChI is InChI=1S/C14H10FNO/c15-10-5-9(6-11(17)7-10)13-8-16-14-4-2-1-3-12(13)14/h1-8,16-17H. The third kappa shape index (κ3) is 1.65. The predicted molar refractivity (Wildman–Crippen MR) is 65.4 cm³/mol. The summed E-state index contributed by atoms with van der Waals surface area (Å²) < 4.78 is 13.2. The molecule has 0 aliphatic rings. The van der Waals surface area contributed by atoms with E-state index in [2.05, 4.69) is 4.98 Å². The number of phenolic OH excluding ortho intramolecular Hbond substituents is 1. The first kappa shape index (κ1) is 9.90. The van der Waals surface area contributed by atoms with Gasteiger partial charge in [0.1, 0.15) is 11.6 Å². The van der Waals surface area contributed by atoms with E-state index in [1.807, 2.05) is 30.5 Å². The number of fused-ring (bicyclic) bond motifs is 1. The molecule has 1 heterocycles. The Balaban J connectivity index is 2.27. The van der Waals surface area contributed by atoms with Gasteiger partial charge in [-0.2, -0.15) is 0 Å². The van der Waals surface area contributed by atoms with Gasteiger partial charge in [0.2, 0.25) is 0 Å². The van der Waals surface area contributed by atoms with E-state index >= 15 is 0 Å². The van der Waals surface area contributed by atoms with Crippen molar-refractivity contribution in [1.29, 1.82) is 0 Å². The Labute approximate surface area is 97.3 Å². The van der Waals surface area contributed by atoms with Crippen LogP contribution in [0.4, 0.5) is 4.39 Å². The summed E-state index contributed by atoms with van der Waals surface area (Å²) in [7, 11) is 0. The van der Waals surface area contributed by atoms with E-state index in [-0.39, 0.29) is 5.75 Å². The number of halogens is 1. The molecule has 17 heavy (non-hydrogen) atoms. The maximum absolute atomic E-state index is 13.2. The lowest BCUT2D eigenvalue weighted by atomic mass is 10.0. The summed E-state index contributed by atoms with van der Waals surface area (Å²) in [6, 6.07) is 11.8. The summed E-state index contributed by atoms with van der Waals surface area (Å²) in [5.74, 6) is -0.504. The Bertz CT molecular complexity index is 667. The highest BCUT2D eigenvalue weighted by Gasteiger charge is 2.07. The van der Waals surface area contributed by atoms with E-state index in [9.17, 15) is 9.50 Å². The molecule has 3 heteroatoms. The fourth-order valence-electron chi connectivity index (χ4n) is 2.04. The van der Waals surface area contributed by atoms with E-state index in [0.29, 0.717) is 5.56 Å². The molecule has 0 unspecified atom stereocenters. The van der Waals surface area contributed by atoms with E-state index < -0.39 is 5.82 Å². The van der Waals surface area contributed by atoms with Crippen LogP contribution in [0.15, 0.2) is 48.7 Å². The smallest absolute Gasteiger partial charge is 0.127 e. The van der Waals surface area contributed by atoms with Gasteiger partial charge in [-0.15, -0.1) is 0 Å². The van der Waals surface area contributed by atoms with Crippen LogP contribution in [-0.2, 0) is 0 Å². The molecular formula is C14H10FNO. The van der Waals surface area contributed by atoms with Crippen molar-refractivity contribution >= 4 is 10.9 Å². The van der Waals surface area contributed by atoms with E-state index in [1.165, 1.54) is 6.07 Å². The fourth-order valence-corrected chi connectivity index (χ4v) is 2.04. The Kier molecular flexibility index (Phi) is 2.11. The molecule has 0 fully saturated rings. The Hall–Kier alpha value is -2.29. The van der Waals surface area contributed by atoms with Crippen LogP contribution in [0.1, 0.15) is 0 Å². The average molecular weight is 227 g/mol. The summed E-state index contributed by atoms with van der Waals surface area (Å²) in [6.07, 6.45) is 1.82. The number of phenols is 1. The Morgan fingerprint density at radius 1 is 1.06 bits per heavy atom. The third-order valence-electron chi connectivity index (χ3n) is 2.78. The molecular weight excluding hydrogens is 217 g/mol. The summed E-state index contributed by atoms with van der Waals surface area (Å²) in [4.78, 5) is 3.12. The normalized spacial score (nSPS) is 10.9. The van der Waals surface area contributed by atoms with Crippen LogP contribution in [-0.4, -0.2) is 10.1 Å². The minimum absolute atomic E-state index is 0.0646. The summed E-state index contributed by atoms with van der Waals surface area (Å²) in [5, 5.41) is 10.4. The topological polar surface area (TPSA) is 36.0 Å². The van der Waals surface area contributed by atoms with Gasteiger partial charge in [0.15, 0.2) is 0 Å². The number of rotatable bonds is 1.